The van der Waals surface area contributed by atoms with Gasteiger partial charge in [-0.3, -0.25) is 0 Å². The fourth-order valence-electron chi connectivity index (χ4n) is 2.56. The van der Waals surface area contributed by atoms with Crippen molar-refractivity contribution in [3.05, 3.63) is 42.5 Å². The van der Waals surface area contributed by atoms with E-state index in [1.165, 1.54) is 16.5 Å². The van der Waals surface area contributed by atoms with Gasteiger partial charge in [-0.2, -0.15) is 0 Å². The Morgan fingerprint density at radius 1 is 1.15 bits per heavy atom. The molecule has 0 fully saturated rings. The molecule has 0 bridgehead atoms. The van der Waals surface area contributed by atoms with E-state index in [1.54, 1.807) is 7.11 Å². The van der Waals surface area contributed by atoms with Crippen LogP contribution in [0.25, 0.3) is 10.8 Å². The van der Waals surface area contributed by atoms with Crippen LogP contribution in [0.2, 0.25) is 0 Å². The summed E-state index contributed by atoms with van der Waals surface area (Å²) in [7, 11) is 1.73. The molecule has 0 aliphatic heterocycles. The van der Waals surface area contributed by atoms with E-state index in [1.807, 2.05) is 0 Å². The summed E-state index contributed by atoms with van der Waals surface area (Å²) in [5, 5.41) is 2.59. The van der Waals surface area contributed by atoms with Crippen LogP contribution in [0.4, 0.5) is 5.69 Å². The number of methoxy groups -OCH3 is 1. The summed E-state index contributed by atoms with van der Waals surface area (Å²) in [5.41, 5.74) is 6.99. The first-order valence-electron chi connectivity index (χ1n) is 7.25. The molecule has 0 spiro atoms. The van der Waals surface area contributed by atoms with E-state index in [0.717, 1.165) is 19.5 Å². The predicted octanol–water partition coefficient (Wildman–Crippen LogP) is 3.03. The molecule has 1 atom stereocenters. The molecule has 3 heteroatoms. The Morgan fingerprint density at radius 3 is 2.60 bits per heavy atom. The highest BCUT2D eigenvalue weighted by Gasteiger charge is 2.11. The highest BCUT2D eigenvalue weighted by atomic mass is 16.5. The molecule has 0 aliphatic rings. The Bertz CT molecular complexity index is 532. The van der Waals surface area contributed by atoms with Gasteiger partial charge in [-0.1, -0.05) is 36.4 Å². The predicted molar refractivity (Wildman–Crippen MR) is 86.3 cm³/mol. The molecular weight excluding hydrogens is 248 g/mol. The quantitative estimate of drug-likeness (QED) is 0.842. The van der Waals surface area contributed by atoms with Crippen molar-refractivity contribution in [3.8, 4) is 0 Å². The van der Waals surface area contributed by atoms with Gasteiger partial charge < -0.3 is 15.4 Å². The van der Waals surface area contributed by atoms with Gasteiger partial charge in [0.1, 0.15) is 0 Å². The zero-order valence-corrected chi connectivity index (χ0v) is 12.4. The SMILES string of the molecule is CCN(CCC(CN)OC)c1cccc2ccccc12. The summed E-state index contributed by atoms with van der Waals surface area (Å²) >= 11 is 0. The lowest BCUT2D eigenvalue weighted by Crippen LogP contribution is -2.31. The number of nitrogens with two attached hydrogens (primary N) is 1. The van der Waals surface area contributed by atoms with Crippen LogP contribution >= 0.6 is 0 Å². The van der Waals surface area contributed by atoms with Crippen molar-refractivity contribution in [2.24, 2.45) is 5.73 Å². The lowest BCUT2D eigenvalue weighted by molar-refractivity contribution is 0.104. The first-order chi connectivity index (χ1) is 9.80. The average molecular weight is 272 g/mol. The number of rotatable bonds is 7. The maximum absolute atomic E-state index is 5.70. The molecule has 2 aromatic rings. The molecule has 1 unspecified atom stereocenters. The van der Waals surface area contributed by atoms with E-state index in [-0.39, 0.29) is 6.10 Å². The van der Waals surface area contributed by atoms with Crippen LogP contribution < -0.4 is 10.6 Å². The van der Waals surface area contributed by atoms with Crippen LogP contribution in [0.1, 0.15) is 13.3 Å². The maximum atomic E-state index is 5.70. The first kappa shape index (κ1) is 14.8. The van der Waals surface area contributed by atoms with Crippen LogP contribution in [0.15, 0.2) is 42.5 Å². The van der Waals surface area contributed by atoms with Crippen molar-refractivity contribution in [2.45, 2.75) is 19.4 Å². The minimum atomic E-state index is 0.138. The summed E-state index contributed by atoms with van der Waals surface area (Å²) in [6, 6.07) is 15.0. The molecule has 2 aromatic carbocycles. The van der Waals surface area contributed by atoms with Gasteiger partial charge in [-0.25, -0.2) is 0 Å². The van der Waals surface area contributed by atoms with Crippen LogP contribution in [0.3, 0.4) is 0 Å². The standard InChI is InChI=1S/C17H24N2O/c1-3-19(12-11-15(13-18)20-2)17-10-6-8-14-7-4-5-9-16(14)17/h4-10,15H,3,11-13,18H2,1-2H3. The second-order valence-corrected chi connectivity index (χ2v) is 4.96. The number of benzene rings is 2. The Hall–Kier alpha value is -1.58. The van der Waals surface area contributed by atoms with E-state index in [0.29, 0.717) is 6.54 Å². The molecular formula is C17H24N2O. The Morgan fingerprint density at radius 2 is 1.90 bits per heavy atom. The van der Waals surface area contributed by atoms with Gasteiger partial charge >= 0.3 is 0 Å². The zero-order chi connectivity index (χ0) is 14.4. The normalized spacial score (nSPS) is 12.6. The van der Waals surface area contributed by atoms with Crippen molar-refractivity contribution in [3.63, 3.8) is 0 Å². The van der Waals surface area contributed by atoms with Crippen LogP contribution in [0, 0.1) is 0 Å². The van der Waals surface area contributed by atoms with Gasteiger partial charge in [-0.05, 0) is 24.8 Å². The van der Waals surface area contributed by atoms with Crippen molar-refractivity contribution in [2.75, 3.05) is 31.6 Å². The third-order valence-electron chi connectivity index (χ3n) is 3.81. The van der Waals surface area contributed by atoms with Crippen molar-refractivity contribution >= 4 is 16.5 Å². The van der Waals surface area contributed by atoms with E-state index in [4.69, 9.17) is 10.5 Å². The third-order valence-corrected chi connectivity index (χ3v) is 3.81. The van der Waals surface area contributed by atoms with Gasteiger partial charge in [-0.15, -0.1) is 0 Å². The maximum Gasteiger partial charge on any atom is 0.0710 e. The van der Waals surface area contributed by atoms with E-state index in [2.05, 4.69) is 54.3 Å². The number of hydrogen-bond donors (Lipinski definition) is 1. The summed E-state index contributed by atoms with van der Waals surface area (Å²) < 4.78 is 5.37. The molecule has 0 radical (unpaired) electrons. The molecule has 0 saturated carbocycles. The minimum absolute atomic E-state index is 0.138. The molecule has 108 valence electrons. The summed E-state index contributed by atoms with van der Waals surface area (Å²) in [5.74, 6) is 0. The van der Waals surface area contributed by atoms with Gasteiger partial charge in [0, 0.05) is 37.8 Å². The third kappa shape index (κ3) is 3.30. The second kappa shape index (κ2) is 7.27. The molecule has 2 rings (SSSR count). The molecule has 0 aliphatic carbocycles. The Balaban J connectivity index is 2.21. The van der Waals surface area contributed by atoms with Gasteiger partial charge in [0.2, 0.25) is 0 Å². The highest BCUT2D eigenvalue weighted by molar-refractivity contribution is 5.94. The molecule has 20 heavy (non-hydrogen) atoms. The average Bonchev–Trinajstić information content (AvgIpc) is 2.51. The first-order valence-corrected chi connectivity index (χ1v) is 7.25. The van der Waals surface area contributed by atoms with Crippen LogP contribution in [0.5, 0.6) is 0 Å². The molecule has 0 heterocycles. The van der Waals surface area contributed by atoms with E-state index >= 15 is 0 Å². The fourth-order valence-corrected chi connectivity index (χ4v) is 2.56. The van der Waals surface area contributed by atoms with Crippen molar-refractivity contribution in [1.29, 1.82) is 0 Å². The van der Waals surface area contributed by atoms with Gasteiger partial charge in [0.25, 0.3) is 0 Å². The Kier molecular flexibility index (Phi) is 5.39. The number of nitrogens with zero attached hydrogens (tertiary/aromatic N) is 1. The number of ether oxygens (including phenoxy) is 1. The monoisotopic (exact) mass is 272 g/mol. The van der Waals surface area contributed by atoms with E-state index < -0.39 is 0 Å². The van der Waals surface area contributed by atoms with Gasteiger partial charge in [0.15, 0.2) is 0 Å². The molecule has 3 nitrogen and oxygen atoms in total. The molecule has 0 saturated heterocycles. The minimum Gasteiger partial charge on any atom is -0.380 e. The lowest BCUT2D eigenvalue weighted by atomic mass is 10.1. The molecule has 0 amide bonds. The zero-order valence-electron chi connectivity index (χ0n) is 12.4. The molecule has 2 N–H and O–H groups in total. The second-order valence-electron chi connectivity index (χ2n) is 4.96. The lowest BCUT2D eigenvalue weighted by Gasteiger charge is -2.26. The highest BCUT2D eigenvalue weighted by Crippen LogP contribution is 2.26. The summed E-state index contributed by atoms with van der Waals surface area (Å²) in [6.07, 6.45) is 1.09. The van der Waals surface area contributed by atoms with Crippen LogP contribution in [-0.4, -0.2) is 32.8 Å². The number of anilines is 1. The van der Waals surface area contributed by atoms with Gasteiger partial charge in [0.05, 0.1) is 6.10 Å². The molecule has 0 aromatic heterocycles. The number of hydrogen-bond acceptors (Lipinski definition) is 3. The largest absolute Gasteiger partial charge is 0.380 e. The topological polar surface area (TPSA) is 38.5 Å². The summed E-state index contributed by atoms with van der Waals surface area (Å²) in [6.45, 7) is 4.70. The van der Waals surface area contributed by atoms with Crippen molar-refractivity contribution < 1.29 is 4.74 Å². The van der Waals surface area contributed by atoms with Crippen molar-refractivity contribution in [1.82, 2.24) is 0 Å². The fraction of sp³-hybridized carbons (Fsp3) is 0.412. The summed E-state index contributed by atoms with van der Waals surface area (Å²) in [4.78, 5) is 2.39. The Labute approximate surface area is 121 Å². The smallest absolute Gasteiger partial charge is 0.0710 e. The van der Waals surface area contributed by atoms with Crippen LogP contribution in [-0.2, 0) is 4.74 Å². The van der Waals surface area contributed by atoms with E-state index in [9.17, 15) is 0 Å². The number of fused-ring (bicyclic) bond motifs is 1.